The summed E-state index contributed by atoms with van der Waals surface area (Å²) in [4.78, 5) is 42.4. The highest BCUT2D eigenvalue weighted by molar-refractivity contribution is 6.31. The van der Waals surface area contributed by atoms with Gasteiger partial charge in [0.2, 0.25) is 0 Å². The van der Waals surface area contributed by atoms with Crippen LogP contribution < -0.4 is 4.74 Å². The largest absolute Gasteiger partial charge is 0.423 e. The third-order valence-corrected chi connectivity index (χ3v) is 4.71. The lowest BCUT2D eigenvalue weighted by Gasteiger charge is -2.14. The molecule has 0 unspecified atom stereocenters. The number of imide groups is 1. The molecule has 0 radical (unpaired) electrons. The Labute approximate surface area is 171 Å². The molecule has 3 aromatic rings. The summed E-state index contributed by atoms with van der Waals surface area (Å²) < 4.78 is 5.36. The maximum absolute atomic E-state index is 12.4. The summed E-state index contributed by atoms with van der Waals surface area (Å²) in [5.41, 5.74) is 1.44. The minimum atomic E-state index is -0.534. The van der Waals surface area contributed by atoms with Gasteiger partial charge in [0.15, 0.2) is 0 Å². The molecule has 1 heterocycles. The molecular weight excluding hydrogens is 394 g/mol. The van der Waals surface area contributed by atoms with Crippen LogP contribution in [0.3, 0.4) is 0 Å². The maximum Gasteiger partial charge on any atom is 0.343 e. The first-order valence-corrected chi connectivity index (χ1v) is 9.09. The molecule has 0 bridgehead atoms. The van der Waals surface area contributed by atoms with Gasteiger partial charge in [0.25, 0.3) is 11.8 Å². The Morgan fingerprint density at radius 3 is 2.14 bits per heavy atom. The SMILES string of the molecule is O=C(Oc1ccc(Cl)c(CON2C(=O)c3ccccc3C2=O)c1)c1ccccc1. The molecule has 144 valence electrons. The molecule has 4 rings (SSSR count). The van der Waals surface area contributed by atoms with E-state index in [1.165, 1.54) is 6.07 Å². The lowest BCUT2D eigenvalue weighted by atomic mass is 10.1. The Bertz CT molecular complexity index is 1080. The summed E-state index contributed by atoms with van der Waals surface area (Å²) in [5, 5.41) is 1.06. The molecule has 0 spiro atoms. The van der Waals surface area contributed by atoms with E-state index < -0.39 is 17.8 Å². The monoisotopic (exact) mass is 407 g/mol. The quantitative estimate of drug-likeness (QED) is 0.358. The van der Waals surface area contributed by atoms with Crippen molar-refractivity contribution in [1.29, 1.82) is 0 Å². The third-order valence-electron chi connectivity index (χ3n) is 4.34. The Balaban J connectivity index is 1.47. The topological polar surface area (TPSA) is 72.9 Å². The van der Waals surface area contributed by atoms with E-state index in [0.717, 1.165) is 0 Å². The molecule has 3 aromatic carbocycles. The van der Waals surface area contributed by atoms with Crippen molar-refractivity contribution in [2.24, 2.45) is 0 Å². The number of benzene rings is 3. The van der Waals surface area contributed by atoms with Crippen LogP contribution in [0.15, 0.2) is 72.8 Å². The van der Waals surface area contributed by atoms with E-state index in [-0.39, 0.29) is 23.5 Å². The Morgan fingerprint density at radius 2 is 1.48 bits per heavy atom. The van der Waals surface area contributed by atoms with Crippen molar-refractivity contribution in [3.8, 4) is 5.75 Å². The predicted octanol–water partition coefficient (Wildman–Crippen LogP) is 4.29. The third kappa shape index (κ3) is 3.76. The summed E-state index contributed by atoms with van der Waals surface area (Å²) in [6.07, 6.45) is 0. The van der Waals surface area contributed by atoms with Crippen LogP contribution in [-0.4, -0.2) is 22.8 Å². The number of hydroxylamine groups is 2. The van der Waals surface area contributed by atoms with Crippen molar-refractivity contribution in [2.75, 3.05) is 0 Å². The Hall–Kier alpha value is -3.48. The number of amides is 2. The number of ether oxygens (including phenoxy) is 1. The average molecular weight is 408 g/mol. The lowest BCUT2D eigenvalue weighted by molar-refractivity contribution is -0.101. The van der Waals surface area contributed by atoms with Crippen LogP contribution >= 0.6 is 11.6 Å². The van der Waals surface area contributed by atoms with Gasteiger partial charge in [-0.05, 0) is 42.5 Å². The molecule has 0 aliphatic carbocycles. The van der Waals surface area contributed by atoms with Gasteiger partial charge < -0.3 is 4.74 Å². The maximum atomic E-state index is 12.4. The fourth-order valence-corrected chi connectivity index (χ4v) is 3.06. The van der Waals surface area contributed by atoms with Crippen molar-refractivity contribution >= 4 is 29.4 Å². The van der Waals surface area contributed by atoms with Crippen molar-refractivity contribution in [3.63, 3.8) is 0 Å². The first-order valence-electron chi connectivity index (χ1n) is 8.71. The summed E-state index contributed by atoms with van der Waals surface area (Å²) in [6, 6.07) is 19.7. The molecule has 2 amide bonds. The van der Waals surface area contributed by atoms with E-state index in [1.807, 2.05) is 0 Å². The molecule has 0 saturated carbocycles. The highest BCUT2D eigenvalue weighted by atomic mass is 35.5. The van der Waals surface area contributed by atoms with Crippen molar-refractivity contribution in [1.82, 2.24) is 5.06 Å². The zero-order valence-corrected chi connectivity index (χ0v) is 15.8. The molecule has 1 aliphatic heterocycles. The second kappa shape index (κ2) is 7.87. The fraction of sp³-hybridized carbons (Fsp3) is 0.0455. The highest BCUT2D eigenvalue weighted by Crippen LogP contribution is 2.27. The molecule has 0 fully saturated rings. The van der Waals surface area contributed by atoms with Gasteiger partial charge in [0.05, 0.1) is 16.7 Å². The summed E-state index contributed by atoms with van der Waals surface area (Å²) in [6.45, 7) is -0.152. The molecule has 7 heteroatoms. The van der Waals surface area contributed by atoms with Gasteiger partial charge in [-0.15, -0.1) is 5.06 Å². The number of fused-ring (bicyclic) bond motifs is 1. The zero-order valence-electron chi connectivity index (χ0n) is 15.0. The predicted molar refractivity (Wildman–Crippen MR) is 105 cm³/mol. The van der Waals surface area contributed by atoms with Crippen molar-refractivity contribution in [2.45, 2.75) is 6.61 Å². The van der Waals surface area contributed by atoms with Gasteiger partial charge in [-0.2, -0.15) is 0 Å². The average Bonchev–Trinajstić information content (AvgIpc) is 2.99. The smallest absolute Gasteiger partial charge is 0.343 e. The molecule has 0 N–H and O–H groups in total. The van der Waals surface area contributed by atoms with Gasteiger partial charge in [-0.1, -0.05) is 41.9 Å². The van der Waals surface area contributed by atoms with Crippen LogP contribution in [0.5, 0.6) is 5.75 Å². The molecule has 0 atom stereocenters. The zero-order chi connectivity index (χ0) is 20.4. The van der Waals surface area contributed by atoms with E-state index in [9.17, 15) is 14.4 Å². The summed E-state index contributed by atoms with van der Waals surface area (Å²) >= 11 is 6.19. The van der Waals surface area contributed by atoms with E-state index >= 15 is 0 Å². The van der Waals surface area contributed by atoms with Crippen LogP contribution in [0, 0.1) is 0 Å². The molecular formula is C22H14ClNO5. The van der Waals surface area contributed by atoms with Gasteiger partial charge >= 0.3 is 5.97 Å². The van der Waals surface area contributed by atoms with Crippen LogP contribution in [0.4, 0.5) is 0 Å². The van der Waals surface area contributed by atoms with E-state index in [0.29, 0.717) is 21.2 Å². The standard InChI is InChI=1S/C22H14ClNO5/c23-19-11-10-16(29-22(27)14-6-2-1-3-7-14)12-15(19)13-28-24-20(25)17-8-4-5-9-18(17)21(24)26/h1-12H,13H2. The van der Waals surface area contributed by atoms with E-state index in [2.05, 4.69) is 0 Å². The highest BCUT2D eigenvalue weighted by Gasteiger charge is 2.36. The first kappa shape index (κ1) is 18.9. The van der Waals surface area contributed by atoms with Crippen molar-refractivity contribution < 1.29 is 24.0 Å². The minimum absolute atomic E-state index is 0.152. The molecule has 0 aromatic heterocycles. The van der Waals surface area contributed by atoms with E-state index in [4.69, 9.17) is 21.2 Å². The minimum Gasteiger partial charge on any atom is -0.423 e. The van der Waals surface area contributed by atoms with E-state index in [1.54, 1.807) is 66.7 Å². The van der Waals surface area contributed by atoms with Gasteiger partial charge in [-0.25, -0.2) is 4.79 Å². The Kier molecular flexibility index (Phi) is 5.12. The van der Waals surface area contributed by atoms with Gasteiger partial charge in [0, 0.05) is 10.6 Å². The summed E-state index contributed by atoms with van der Waals surface area (Å²) in [7, 11) is 0. The molecule has 1 aliphatic rings. The van der Waals surface area contributed by atoms with Crippen LogP contribution in [0.1, 0.15) is 36.6 Å². The molecule has 6 nitrogen and oxygen atoms in total. The summed E-state index contributed by atoms with van der Waals surface area (Å²) in [5.74, 6) is -1.31. The first-order chi connectivity index (χ1) is 14.0. The number of hydrogen-bond donors (Lipinski definition) is 0. The van der Waals surface area contributed by atoms with Crippen LogP contribution in [0.2, 0.25) is 5.02 Å². The number of nitrogens with zero attached hydrogens (tertiary/aromatic N) is 1. The number of esters is 1. The number of hydrogen-bond acceptors (Lipinski definition) is 5. The lowest BCUT2D eigenvalue weighted by Crippen LogP contribution is -2.29. The number of halogens is 1. The van der Waals surface area contributed by atoms with Gasteiger partial charge in [0.1, 0.15) is 12.4 Å². The number of carbonyl (C=O) groups is 3. The Morgan fingerprint density at radius 1 is 0.862 bits per heavy atom. The number of carbonyl (C=O) groups excluding carboxylic acids is 3. The van der Waals surface area contributed by atoms with Gasteiger partial charge in [-0.3, -0.25) is 14.4 Å². The van der Waals surface area contributed by atoms with Crippen LogP contribution in [-0.2, 0) is 11.4 Å². The molecule has 0 saturated heterocycles. The van der Waals surface area contributed by atoms with Crippen LogP contribution in [0.25, 0.3) is 0 Å². The second-order valence-corrected chi connectivity index (χ2v) is 6.64. The van der Waals surface area contributed by atoms with Crippen molar-refractivity contribution in [3.05, 3.63) is 100 Å². The normalized spacial score (nSPS) is 12.8. The second-order valence-electron chi connectivity index (χ2n) is 6.23. The molecule has 29 heavy (non-hydrogen) atoms. The number of rotatable bonds is 5. The fourth-order valence-electron chi connectivity index (χ4n) is 2.88.